The van der Waals surface area contributed by atoms with Gasteiger partial charge >= 0.3 is 0 Å². The number of hydrogen-bond donors (Lipinski definition) is 1. The van der Waals surface area contributed by atoms with E-state index < -0.39 is 0 Å². The first-order valence-corrected chi connectivity index (χ1v) is 10.2. The van der Waals surface area contributed by atoms with Crippen LogP contribution in [0.1, 0.15) is 39.5 Å². The van der Waals surface area contributed by atoms with Gasteiger partial charge in [-0.25, -0.2) is 4.98 Å². The Morgan fingerprint density at radius 3 is 2.50 bits per heavy atom. The van der Waals surface area contributed by atoms with Crippen molar-refractivity contribution in [2.75, 3.05) is 5.32 Å². The number of para-hydroxylation sites is 1. The number of aryl methyl sites for hydroxylation is 4. The van der Waals surface area contributed by atoms with Gasteiger partial charge in [-0.05, 0) is 68.1 Å². The Kier molecular flexibility index (Phi) is 5.32. The van der Waals surface area contributed by atoms with Crippen LogP contribution in [-0.4, -0.2) is 15.9 Å². The van der Waals surface area contributed by atoms with Crippen molar-refractivity contribution in [1.29, 1.82) is 0 Å². The van der Waals surface area contributed by atoms with Crippen LogP contribution >= 0.6 is 0 Å². The first-order valence-electron chi connectivity index (χ1n) is 10.2. The van der Waals surface area contributed by atoms with E-state index in [4.69, 9.17) is 4.98 Å². The first kappa shape index (κ1) is 19.8. The van der Waals surface area contributed by atoms with E-state index in [1.165, 1.54) is 0 Å². The molecule has 4 nitrogen and oxygen atoms in total. The molecule has 0 bridgehead atoms. The lowest BCUT2D eigenvalue weighted by molar-refractivity contribution is 0.102. The maximum Gasteiger partial charge on any atom is 0.256 e. The number of amides is 1. The van der Waals surface area contributed by atoms with E-state index in [0.29, 0.717) is 11.3 Å². The van der Waals surface area contributed by atoms with Crippen molar-refractivity contribution in [2.45, 2.75) is 34.1 Å². The molecule has 2 aromatic carbocycles. The van der Waals surface area contributed by atoms with Crippen LogP contribution in [-0.2, 0) is 6.42 Å². The molecule has 0 fully saturated rings. The maximum absolute atomic E-state index is 13.5. The van der Waals surface area contributed by atoms with Gasteiger partial charge in [0.25, 0.3) is 5.91 Å². The summed E-state index contributed by atoms with van der Waals surface area (Å²) in [6.45, 7) is 8.19. The van der Waals surface area contributed by atoms with Crippen LogP contribution in [0.5, 0.6) is 0 Å². The molecular weight excluding hydrogens is 370 g/mol. The van der Waals surface area contributed by atoms with Crippen molar-refractivity contribution < 1.29 is 4.79 Å². The van der Waals surface area contributed by atoms with Crippen LogP contribution < -0.4 is 5.32 Å². The summed E-state index contributed by atoms with van der Waals surface area (Å²) >= 11 is 0. The highest BCUT2D eigenvalue weighted by molar-refractivity contribution is 6.14. The molecule has 0 atom stereocenters. The highest BCUT2D eigenvalue weighted by Gasteiger charge is 2.18. The number of rotatable bonds is 4. The van der Waals surface area contributed by atoms with Crippen molar-refractivity contribution in [1.82, 2.24) is 9.97 Å². The molecule has 1 amide bonds. The average Bonchev–Trinajstić information content (AvgIpc) is 2.75. The standard InChI is InChI=1S/C26H25N3O/c1-5-19-10-8-9-17(3)24(19)29-26(30)21-15-23(22-11-6-7-12-27-22)28-25-18(4)13-16(2)14-20(21)25/h6-15H,5H2,1-4H3,(H,29,30). The zero-order valence-corrected chi connectivity index (χ0v) is 17.8. The Balaban J connectivity index is 1.90. The predicted molar refractivity (Wildman–Crippen MR) is 123 cm³/mol. The molecule has 0 unspecified atom stereocenters. The smallest absolute Gasteiger partial charge is 0.256 e. The summed E-state index contributed by atoms with van der Waals surface area (Å²) in [7, 11) is 0. The minimum atomic E-state index is -0.131. The third kappa shape index (κ3) is 3.69. The molecule has 0 saturated heterocycles. The quantitative estimate of drug-likeness (QED) is 0.458. The van der Waals surface area contributed by atoms with Gasteiger partial charge in [0, 0.05) is 17.3 Å². The molecule has 0 radical (unpaired) electrons. The molecule has 0 aliphatic heterocycles. The summed E-state index contributed by atoms with van der Waals surface area (Å²) in [5.74, 6) is -0.131. The molecule has 1 N–H and O–H groups in total. The molecule has 2 heterocycles. The van der Waals surface area contributed by atoms with Crippen LogP contribution in [0.2, 0.25) is 0 Å². The molecule has 4 heteroatoms. The summed E-state index contributed by atoms with van der Waals surface area (Å²) < 4.78 is 0. The number of nitrogens with one attached hydrogen (secondary N) is 1. The zero-order chi connectivity index (χ0) is 21.3. The van der Waals surface area contributed by atoms with E-state index in [1.54, 1.807) is 6.20 Å². The van der Waals surface area contributed by atoms with E-state index in [2.05, 4.69) is 29.4 Å². The fraction of sp³-hybridized carbons (Fsp3) is 0.192. The van der Waals surface area contributed by atoms with Gasteiger partial charge in [0.15, 0.2) is 0 Å². The summed E-state index contributed by atoms with van der Waals surface area (Å²) in [6.07, 6.45) is 2.59. The van der Waals surface area contributed by atoms with Crippen molar-refractivity contribution in [3.63, 3.8) is 0 Å². The molecule has 150 valence electrons. The van der Waals surface area contributed by atoms with Gasteiger partial charge in [-0.2, -0.15) is 0 Å². The summed E-state index contributed by atoms with van der Waals surface area (Å²) in [4.78, 5) is 22.8. The third-order valence-corrected chi connectivity index (χ3v) is 5.40. The highest BCUT2D eigenvalue weighted by atomic mass is 16.1. The number of carbonyl (C=O) groups is 1. The summed E-state index contributed by atoms with van der Waals surface area (Å²) in [5, 5.41) is 4.03. The van der Waals surface area contributed by atoms with Crippen molar-refractivity contribution in [3.05, 3.63) is 88.6 Å². The monoisotopic (exact) mass is 395 g/mol. The highest BCUT2D eigenvalue weighted by Crippen LogP contribution is 2.29. The fourth-order valence-electron chi connectivity index (χ4n) is 3.90. The van der Waals surface area contributed by atoms with Gasteiger partial charge in [0.1, 0.15) is 0 Å². The minimum absolute atomic E-state index is 0.131. The van der Waals surface area contributed by atoms with Gasteiger partial charge in [-0.15, -0.1) is 0 Å². The second-order valence-electron chi connectivity index (χ2n) is 7.66. The van der Waals surface area contributed by atoms with Gasteiger partial charge < -0.3 is 5.32 Å². The largest absolute Gasteiger partial charge is 0.321 e. The number of aromatic nitrogens is 2. The number of nitrogens with zero attached hydrogens (tertiary/aromatic N) is 2. The summed E-state index contributed by atoms with van der Waals surface area (Å²) in [6, 6.07) is 17.8. The second kappa shape index (κ2) is 8.07. The Morgan fingerprint density at radius 1 is 0.933 bits per heavy atom. The van der Waals surface area contributed by atoms with Crippen LogP contribution in [0.15, 0.2) is 60.8 Å². The lowest BCUT2D eigenvalue weighted by Crippen LogP contribution is -2.15. The number of carbonyl (C=O) groups excluding carboxylic acids is 1. The molecule has 0 spiro atoms. The van der Waals surface area contributed by atoms with E-state index in [0.717, 1.165) is 51.0 Å². The molecule has 4 aromatic rings. The predicted octanol–water partition coefficient (Wildman–Crippen LogP) is 6.04. The fourth-order valence-corrected chi connectivity index (χ4v) is 3.90. The van der Waals surface area contributed by atoms with Crippen LogP contribution in [0, 0.1) is 20.8 Å². The van der Waals surface area contributed by atoms with Crippen LogP contribution in [0.25, 0.3) is 22.3 Å². The molecule has 30 heavy (non-hydrogen) atoms. The van der Waals surface area contributed by atoms with Gasteiger partial charge in [-0.3, -0.25) is 9.78 Å². The number of benzene rings is 2. The SMILES string of the molecule is CCc1cccc(C)c1NC(=O)c1cc(-c2ccccn2)nc2c(C)cc(C)cc12. The average molecular weight is 396 g/mol. The Morgan fingerprint density at radius 2 is 1.77 bits per heavy atom. The van der Waals surface area contributed by atoms with E-state index in [9.17, 15) is 4.79 Å². The van der Waals surface area contributed by atoms with Gasteiger partial charge in [-0.1, -0.05) is 42.8 Å². The van der Waals surface area contributed by atoms with E-state index in [1.807, 2.05) is 63.2 Å². The van der Waals surface area contributed by atoms with Gasteiger partial charge in [0.05, 0.1) is 22.5 Å². The Bertz CT molecular complexity index is 1250. The molecule has 4 rings (SSSR count). The van der Waals surface area contributed by atoms with E-state index >= 15 is 0 Å². The molecule has 0 aliphatic carbocycles. The number of pyridine rings is 2. The third-order valence-electron chi connectivity index (χ3n) is 5.40. The molecule has 0 saturated carbocycles. The second-order valence-corrected chi connectivity index (χ2v) is 7.66. The van der Waals surface area contributed by atoms with Crippen LogP contribution in [0.3, 0.4) is 0 Å². The lowest BCUT2D eigenvalue weighted by Gasteiger charge is -2.15. The van der Waals surface area contributed by atoms with Gasteiger partial charge in [0.2, 0.25) is 0 Å². The minimum Gasteiger partial charge on any atom is -0.321 e. The number of fused-ring (bicyclic) bond motifs is 1. The number of anilines is 1. The normalized spacial score (nSPS) is 10.9. The molecule has 2 aromatic heterocycles. The lowest BCUT2D eigenvalue weighted by atomic mass is 9.99. The molecular formula is C26H25N3O. The first-order chi connectivity index (χ1) is 14.5. The summed E-state index contributed by atoms with van der Waals surface area (Å²) in [5.41, 5.74) is 8.09. The number of hydrogen-bond acceptors (Lipinski definition) is 3. The topological polar surface area (TPSA) is 54.9 Å². The van der Waals surface area contributed by atoms with Crippen molar-refractivity contribution in [2.24, 2.45) is 0 Å². The van der Waals surface area contributed by atoms with Crippen molar-refractivity contribution >= 4 is 22.5 Å². The Labute approximate surface area is 177 Å². The van der Waals surface area contributed by atoms with Crippen LogP contribution in [0.4, 0.5) is 5.69 Å². The maximum atomic E-state index is 13.5. The van der Waals surface area contributed by atoms with Crippen molar-refractivity contribution in [3.8, 4) is 11.4 Å². The zero-order valence-electron chi connectivity index (χ0n) is 17.8. The molecule has 0 aliphatic rings. The Hall–Kier alpha value is -3.53. The van der Waals surface area contributed by atoms with E-state index in [-0.39, 0.29) is 5.91 Å².